The molecule has 1 aliphatic rings. The van der Waals surface area contributed by atoms with Gasteiger partial charge < -0.3 is 5.32 Å². The van der Waals surface area contributed by atoms with Crippen molar-refractivity contribution in [2.75, 3.05) is 0 Å². The second kappa shape index (κ2) is 4.26. The zero-order valence-corrected chi connectivity index (χ0v) is 9.20. The van der Waals surface area contributed by atoms with Crippen molar-refractivity contribution in [1.29, 1.82) is 0 Å². The highest BCUT2D eigenvalue weighted by Crippen LogP contribution is 2.36. The van der Waals surface area contributed by atoms with E-state index in [1.165, 1.54) is 6.07 Å². The summed E-state index contributed by atoms with van der Waals surface area (Å²) in [6.07, 6.45) is -2.19. The van der Waals surface area contributed by atoms with Gasteiger partial charge in [0.05, 0.1) is 10.6 Å². The second-order valence-corrected chi connectivity index (χ2v) is 4.31. The lowest BCUT2D eigenvalue weighted by molar-refractivity contribution is -0.137. The highest BCUT2D eigenvalue weighted by molar-refractivity contribution is 6.32. The Morgan fingerprint density at radius 2 is 2.00 bits per heavy atom. The van der Waals surface area contributed by atoms with Crippen molar-refractivity contribution in [2.45, 2.75) is 31.6 Å². The van der Waals surface area contributed by atoms with Crippen LogP contribution in [0.25, 0.3) is 0 Å². The Hall–Kier alpha value is -0.740. The van der Waals surface area contributed by atoms with E-state index in [1.807, 2.05) is 0 Å². The molecular weight excluding hydrogens is 239 g/mol. The van der Waals surface area contributed by atoms with E-state index in [0.717, 1.165) is 18.9 Å². The molecule has 1 fully saturated rings. The Morgan fingerprint density at radius 1 is 1.31 bits per heavy atom. The largest absolute Gasteiger partial charge is 0.417 e. The smallest absolute Gasteiger partial charge is 0.310 e. The van der Waals surface area contributed by atoms with Crippen LogP contribution < -0.4 is 5.32 Å². The number of nitrogens with one attached hydrogen (secondary N) is 1. The summed E-state index contributed by atoms with van der Waals surface area (Å²) in [5.41, 5.74) is -0.257. The first-order chi connectivity index (χ1) is 7.48. The van der Waals surface area contributed by atoms with Crippen LogP contribution in [0.2, 0.25) is 5.02 Å². The van der Waals surface area contributed by atoms with Gasteiger partial charge in [-0.2, -0.15) is 13.2 Å². The van der Waals surface area contributed by atoms with Gasteiger partial charge >= 0.3 is 6.18 Å². The van der Waals surface area contributed by atoms with Crippen molar-refractivity contribution in [3.63, 3.8) is 0 Å². The van der Waals surface area contributed by atoms with Gasteiger partial charge in [-0.1, -0.05) is 23.7 Å². The fourth-order valence-electron chi connectivity index (χ4n) is 1.48. The van der Waals surface area contributed by atoms with Gasteiger partial charge in [-0.25, -0.2) is 0 Å². The van der Waals surface area contributed by atoms with Crippen LogP contribution in [0.1, 0.15) is 24.0 Å². The van der Waals surface area contributed by atoms with E-state index in [1.54, 1.807) is 6.07 Å². The molecule has 0 unspecified atom stereocenters. The van der Waals surface area contributed by atoms with Gasteiger partial charge in [-0.3, -0.25) is 0 Å². The quantitative estimate of drug-likeness (QED) is 0.863. The third-order valence-corrected chi connectivity index (χ3v) is 2.99. The van der Waals surface area contributed by atoms with Crippen LogP contribution in [0.3, 0.4) is 0 Å². The highest BCUT2D eigenvalue weighted by Gasteiger charge is 2.33. The van der Waals surface area contributed by atoms with Gasteiger partial charge in [0.15, 0.2) is 0 Å². The number of benzene rings is 1. The fourth-order valence-corrected chi connectivity index (χ4v) is 1.78. The molecule has 0 radical (unpaired) electrons. The van der Waals surface area contributed by atoms with Gasteiger partial charge in [0.1, 0.15) is 0 Å². The van der Waals surface area contributed by atoms with Crippen molar-refractivity contribution in [3.8, 4) is 0 Å². The molecule has 0 spiro atoms. The van der Waals surface area contributed by atoms with Gasteiger partial charge in [0.2, 0.25) is 0 Å². The number of rotatable bonds is 3. The molecule has 1 aliphatic carbocycles. The van der Waals surface area contributed by atoms with E-state index in [-0.39, 0.29) is 5.02 Å². The Balaban J connectivity index is 2.17. The van der Waals surface area contributed by atoms with Crippen molar-refractivity contribution >= 4 is 11.6 Å². The first-order valence-electron chi connectivity index (χ1n) is 5.06. The molecule has 1 aromatic carbocycles. The summed E-state index contributed by atoms with van der Waals surface area (Å²) in [7, 11) is 0. The van der Waals surface area contributed by atoms with Crippen molar-refractivity contribution in [3.05, 3.63) is 34.3 Å². The maximum Gasteiger partial charge on any atom is 0.417 e. The lowest BCUT2D eigenvalue weighted by Gasteiger charge is -2.12. The molecule has 0 aromatic heterocycles. The van der Waals surface area contributed by atoms with Crippen LogP contribution in [0.15, 0.2) is 18.2 Å². The van der Waals surface area contributed by atoms with Crippen LogP contribution in [0.4, 0.5) is 13.2 Å². The Bertz CT molecular complexity index is 385. The summed E-state index contributed by atoms with van der Waals surface area (Å²) < 4.78 is 37.6. The van der Waals surface area contributed by atoms with Gasteiger partial charge in [0.25, 0.3) is 0 Å². The minimum Gasteiger partial charge on any atom is -0.310 e. The van der Waals surface area contributed by atoms with Crippen LogP contribution in [-0.2, 0) is 12.7 Å². The molecule has 0 saturated heterocycles. The van der Waals surface area contributed by atoms with Gasteiger partial charge in [-0.05, 0) is 24.5 Å². The van der Waals surface area contributed by atoms with E-state index in [4.69, 9.17) is 11.6 Å². The molecular formula is C11H11ClF3N. The molecule has 1 N–H and O–H groups in total. The van der Waals surface area contributed by atoms with E-state index in [9.17, 15) is 13.2 Å². The minimum absolute atomic E-state index is 0.192. The number of hydrogen-bond acceptors (Lipinski definition) is 1. The van der Waals surface area contributed by atoms with Crippen molar-refractivity contribution in [2.24, 2.45) is 0 Å². The van der Waals surface area contributed by atoms with Crippen LogP contribution in [-0.4, -0.2) is 6.04 Å². The third-order valence-electron chi connectivity index (χ3n) is 2.54. The SMILES string of the molecule is FC(F)(F)c1cccc(CNC2CC2)c1Cl. The Morgan fingerprint density at radius 3 is 2.56 bits per heavy atom. The molecule has 0 atom stereocenters. The number of alkyl halides is 3. The molecule has 1 aromatic rings. The van der Waals surface area contributed by atoms with E-state index in [2.05, 4.69) is 5.32 Å². The average Bonchev–Trinajstić information content (AvgIpc) is 2.98. The van der Waals surface area contributed by atoms with Crippen LogP contribution >= 0.6 is 11.6 Å². The number of hydrogen-bond donors (Lipinski definition) is 1. The summed E-state index contributed by atoms with van der Waals surface area (Å²) in [5, 5.41) is 2.95. The predicted octanol–water partition coefficient (Wildman–Crippen LogP) is 3.61. The monoisotopic (exact) mass is 249 g/mol. The lowest BCUT2D eigenvalue weighted by atomic mass is 10.1. The molecule has 0 aliphatic heterocycles. The summed E-state index contributed by atoms with van der Waals surface area (Å²) in [5.74, 6) is 0. The summed E-state index contributed by atoms with van der Waals surface area (Å²) in [4.78, 5) is 0. The summed E-state index contributed by atoms with van der Waals surface area (Å²) in [6, 6.07) is 4.46. The fraction of sp³-hybridized carbons (Fsp3) is 0.455. The molecule has 1 saturated carbocycles. The van der Waals surface area contributed by atoms with Gasteiger partial charge in [-0.15, -0.1) is 0 Å². The second-order valence-electron chi connectivity index (χ2n) is 3.93. The molecule has 0 bridgehead atoms. The zero-order valence-electron chi connectivity index (χ0n) is 8.44. The zero-order chi connectivity index (χ0) is 11.8. The molecule has 5 heteroatoms. The van der Waals surface area contributed by atoms with Crippen molar-refractivity contribution < 1.29 is 13.2 Å². The van der Waals surface area contributed by atoms with Crippen LogP contribution in [0.5, 0.6) is 0 Å². The summed E-state index contributed by atoms with van der Waals surface area (Å²) >= 11 is 5.74. The topological polar surface area (TPSA) is 12.0 Å². The maximum absolute atomic E-state index is 12.5. The minimum atomic E-state index is -4.38. The average molecular weight is 250 g/mol. The highest BCUT2D eigenvalue weighted by atomic mass is 35.5. The standard InChI is InChI=1S/C11H11ClF3N/c12-10-7(6-16-8-4-5-8)2-1-3-9(10)11(13,14)15/h1-3,8,16H,4-6H2. The Labute approximate surface area is 96.6 Å². The van der Waals surface area contributed by atoms with Crippen molar-refractivity contribution in [1.82, 2.24) is 5.32 Å². The maximum atomic E-state index is 12.5. The third kappa shape index (κ3) is 2.68. The van der Waals surface area contributed by atoms with E-state index >= 15 is 0 Å². The molecule has 2 rings (SSSR count). The molecule has 88 valence electrons. The molecule has 0 heterocycles. The Kier molecular flexibility index (Phi) is 3.13. The first-order valence-corrected chi connectivity index (χ1v) is 5.44. The van der Waals surface area contributed by atoms with E-state index < -0.39 is 11.7 Å². The lowest BCUT2D eigenvalue weighted by Crippen LogP contribution is -2.16. The van der Waals surface area contributed by atoms with Crippen LogP contribution in [0, 0.1) is 0 Å². The summed E-state index contributed by atoms with van der Waals surface area (Å²) in [6.45, 7) is 0.396. The molecule has 16 heavy (non-hydrogen) atoms. The molecule has 0 amide bonds. The normalized spacial score (nSPS) is 16.5. The van der Waals surface area contributed by atoms with E-state index in [0.29, 0.717) is 18.2 Å². The number of halogens is 4. The predicted molar refractivity (Wildman–Crippen MR) is 56.3 cm³/mol. The first kappa shape index (κ1) is 11.7. The molecule has 1 nitrogen and oxygen atoms in total. The van der Waals surface area contributed by atoms with Gasteiger partial charge in [0, 0.05) is 12.6 Å².